The van der Waals surface area contributed by atoms with Crippen LogP contribution in [0.1, 0.15) is 36.2 Å². The highest BCUT2D eigenvalue weighted by Gasteiger charge is 2.12. The van der Waals surface area contributed by atoms with Gasteiger partial charge in [-0.2, -0.15) is 10.4 Å². The Hall–Kier alpha value is -1.87. The molecule has 1 aromatic heterocycles. The van der Waals surface area contributed by atoms with Crippen LogP contribution in [0.5, 0.6) is 0 Å². The van der Waals surface area contributed by atoms with Crippen LogP contribution in [0.15, 0.2) is 0 Å². The Morgan fingerprint density at radius 2 is 2.24 bits per heavy atom. The maximum atomic E-state index is 11.8. The zero-order valence-electron chi connectivity index (χ0n) is 13.1. The lowest BCUT2D eigenvalue weighted by Crippen LogP contribution is -2.25. The first-order chi connectivity index (χ1) is 10.1. The molecule has 21 heavy (non-hydrogen) atoms. The predicted molar refractivity (Wildman–Crippen MR) is 79.8 cm³/mol. The van der Waals surface area contributed by atoms with Crippen molar-refractivity contribution in [1.29, 1.82) is 5.26 Å². The number of nitriles is 1. The molecule has 0 aliphatic heterocycles. The number of amides is 1. The smallest absolute Gasteiger partial charge is 0.220 e. The molecule has 0 aromatic carbocycles. The minimum atomic E-state index is 0.0506. The lowest BCUT2D eigenvalue weighted by Gasteiger charge is -2.06. The second-order valence-electron chi connectivity index (χ2n) is 4.98. The van der Waals surface area contributed by atoms with E-state index in [-0.39, 0.29) is 5.91 Å². The van der Waals surface area contributed by atoms with Crippen molar-refractivity contribution in [3.05, 3.63) is 17.0 Å². The van der Waals surface area contributed by atoms with Crippen molar-refractivity contribution in [2.75, 3.05) is 20.3 Å². The van der Waals surface area contributed by atoms with E-state index >= 15 is 0 Å². The fourth-order valence-electron chi connectivity index (χ4n) is 2.24. The Bertz CT molecular complexity index is 503. The van der Waals surface area contributed by atoms with Crippen LogP contribution in [0, 0.1) is 25.2 Å². The maximum absolute atomic E-state index is 11.8. The third kappa shape index (κ3) is 5.56. The summed E-state index contributed by atoms with van der Waals surface area (Å²) in [4.78, 5) is 11.8. The highest BCUT2D eigenvalue weighted by atomic mass is 16.5. The number of aromatic nitrogens is 2. The molecule has 0 saturated heterocycles. The van der Waals surface area contributed by atoms with Crippen molar-refractivity contribution >= 4 is 5.91 Å². The van der Waals surface area contributed by atoms with E-state index in [0.29, 0.717) is 39.0 Å². The molecule has 1 rings (SSSR count). The molecule has 116 valence electrons. The van der Waals surface area contributed by atoms with Gasteiger partial charge in [-0.3, -0.25) is 9.48 Å². The van der Waals surface area contributed by atoms with Gasteiger partial charge >= 0.3 is 0 Å². The minimum absolute atomic E-state index is 0.0506. The van der Waals surface area contributed by atoms with E-state index in [4.69, 9.17) is 10.00 Å². The van der Waals surface area contributed by atoms with Crippen molar-refractivity contribution in [1.82, 2.24) is 15.1 Å². The number of nitrogens with one attached hydrogen (secondary N) is 1. The van der Waals surface area contributed by atoms with Crippen molar-refractivity contribution in [3.8, 4) is 6.07 Å². The molecule has 0 atom stereocenters. The van der Waals surface area contributed by atoms with Crippen LogP contribution < -0.4 is 5.32 Å². The molecule has 1 N–H and O–H groups in total. The number of carbonyl (C=O) groups is 1. The van der Waals surface area contributed by atoms with E-state index in [1.807, 2.05) is 18.5 Å². The number of carbonyl (C=O) groups excluding carboxylic acids is 1. The molecule has 1 amide bonds. The Morgan fingerprint density at radius 1 is 1.48 bits per heavy atom. The minimum Gasteiger partial charge on any atom is -0.385 e. The van der Waals surface area contributed by atoms with Crippen LogP contribution in [-0.4, -0.2) is 35.9 Å². The van der Waals surface area contributed by atoms with Crippen molar-refractivity contribution in [3.63, 3.8) is 0 Å². The standard InChI is InChI=1S/C15H24N4O2/c1-12-14(13(2)19(18-12)10-4-8-16)6-7-15(20)17-9-5-11-21-3/h4-7,9-11H2,1-3H3,(H,17,20). The first-order valence-electron chi connectivity index (χ1n) is 7.25. The van der Waals surface area contributed by atoms with Crippen LogP contribution >= 0.6 is 0 Å². The number of aryl methyl sites for hydroxylation is 2. The summed E-state index contributed by atoms with van der Waals surface area (Å²) >= 11 is 0. The normalized spacial score (nSPS) is 10.4. The molecule has 0 radical (unpaired) electrons. The molecule has 0 spiro atoms. The van der Waals surface area contributed by atoms with E-state index in [0.717, 1.165) is 23.4 Å². The number of ether oxygens (including phenoxy) is 1. The summed E-state index contributed by atoms with van der Waals surface area (Å²) in [7, 11) is 1.65. The summed E-state index contributed by atoms with van der Waals surface area (Å²) in [5.41, 5.74) is 3.10. The van der Waals surface area contributed by atoms with Crippen LogP contribution in [-0.2, 0) is 22.5 Å². The zero-order valence-corrected chi connectivity index (χ0v) is 13.1. The first-order valence-corrected chi connectivity index (χ1v) is 7.25. The number of hydrogen-bond donors (Lipinski definition) is 1. The quantitative estimate of drug-likeness (QED) is 0.699. The highest BCUT2D eigenvalue weighted by Crippen LogP contribution is 2.15. The van der Waals surface area contributed by atoms with Crippen LogP contribution in [0.25, 0.3) is 0 Å². The molecular formula is C15H24N4O2. The molecular weight excluding hydrogens is 268 g/mol. The van der Waals surface area contributed by atoms with Crippen LogP contribution in [0.2, 0.25) is 0 Å². The van der Waals surface area contributed by atoms with E-state index < -0.39 is 0 Å². The lowest BCUT2D eigenvalue weighted by molar-refractivity contribution is -0.121. The van der Waals surface area contributed by atoms with Gasteiger partial charge < -0.3 is 10.1 Å². The van der Waals surface area contributed by atoms with Crippen LogP contribution in [0.3, 0.4) is 0 Å². The van der Waals surface area contributed by atoms with Gasteiger partial charge in [0.1, 0.15) is 0 Å². The Morgan fingerprint density at radius 3 is 2.90 bits per heavy atom. The fourth-order valence-corrected chi connectivity index (χ4v) is 2.24. The van der Waals surface area contributed by atoms with Gasteiger partial charge in [-0.15, -0.1) is 0 Å². The van der Waals surface area contributed by atoms with Gasteiger partial charge in [-0.25, -0.2) is 0 Å². The number of rotatable bonds is 9. The topological polar surface area (TPSA) is 79.9 Å². The molecule has 6 nitrogen and oxygen atoms in total. The third-order valence-electron chi connectivity index (χ3n) is 3.42. The largest absolute Gasteiger partial charge is 0.385 e. The predicted octanol–water partition coefficient (Wildman–Crippen LogP) is 1.50. The number of hydrogen-bond acceptors (Lipinski definition) is 4. The van der Waals surface area contributed by atoms with Crippen molar-refractivity contribution < 1.29 is 9.53 Å². The van der Waals surface area contributed by atoms with Gasteiger partial charge in [0.05, 0.1) is 24.7 Å². The zero-order chi connectivity index (χ0) is 15.7. The molecule has 0 bridgehead atoms. The van der Waals surface area contributed by atoms with E-state index in [1.54, 1.807) is 7.11 Å². The molecule has 0 aliphatic carbocycles. The van der Waals surface area contributed by atoms with Gasteiger partial charge in [0.25, 0.3) is 0 Å². The summed E-state index contributed by atoms with van der Waals surface area (Å²) in [6, 6.07) is 2.12. The van der Waals surface area contributed by atoms with Crippen molar-refractivity contribution in [2.45, 2.75) is 46.1 Å². The van der Waals surface area contributed by atoms with Gasteiger partial charge in [-0.05, 0) is 32.3 Å². The summed E-state index contributed by atoms with van der Waals surface area (Å²) in [6.07, 6.45) is 2.41. The average molecular weight is 292 g/mol. The monoisotopic (exact) mass is 292 g/mol. The lowest BCUT2D eigenvalue weighted by atomic mass is 10.1. The SMILES string of the molecule is COCCCNC(=O)CCc1c(C)nn(CCC#N)c1C. The summed E-state index contributed by atoms with van der Waals surface area (Å²) in [5.74, 6) is 0.0506. The average Bonchev–Trinajstić information content (AvgIpc) is 2.73. The molecule has 1 aromatic rings. The Labute approximate surface area is 126 Å². The van der Waals surface area contributed by atoms with Gasteiger partial charge in [0.15, 0.2) is 0 Å². The van der Waals surface area contributed by atoms with E-state index in [2.05, 4.69) is 16.5 Å². The summed E-state index contributed by atoms with van der Waals surface area (Å²) in [5, 5.41) is 15.9. The van der Waals surface area contributed by atoms with Crippen molar-refractivity contribution in [2.24, 2.45) is 0 Å². The first kappa shape index (κ1) is 17.2. The Balaban J connectivity index is 2.46. The molecule has 6 heteroatoms. The maximum Gasteiger partial charge on any atom is 0.220 e. The Kier molecular flexibility index (Phi) is 7.48. The van der Waals surface area contributed by atoms with Gasteiger partial charge in [0.2, 0.25) is 5.91 Å². The molecule has 0 unspecified atom stereocenters. The summed E-state index contributed by atoms with van der Waals surface area (Å²) in [6.45, 7) is 5.84. The molecule has 0 fully saturated rings. The second-order valence-corrected chi connectivity index (χ2v) is 4.98. The number of methoxy groups -OCH3 is 1. The third-order valence-corrected chi connectivity index (χ3v) is 3.42. The van der Waals surface area contributed by atoms with Gasteiger partial charge in [-0.1, -0.05) is 0 Å². The van der Waals surface area contributed by atoms with E-state index in [9.17, 15) is 4.79 Å². The fraction of sp³-hybridized carbons (Fsp3) is 0.667. The highest BCUT2D eigenvalue weighted by molar-refractivity contribution is 5.76. The molecule has 1 heterocycles. The summed E-state index contributed by atoms with van der Waals surface area (Å²) < 4.78 is 6.79. The van der Waals surface area contributed by atoms with Gasteiger partial charge in [0, 0.05) is 32.4 Å². The van der Waals surface area contributed by atoms with Crippen LogP contribution in [0.4, 0.5) is 0 Å². The molecule has 0 aliphatic rings. The number of nitrogens with zero attached hydrogens (tertiary/aromatic N) is 3. The van der Waals surface area contributed by atoms with E-state index in [1.165, 1.54) is 0 Å². The molecule has 0 saturated carbocycles. The second kappa shape index (κ2) is 9.14.